The highest BCUT2D eigenvalue weighted by Crippen LogP contribution is 2.35. The number of amides is 1. The Hall–Kier alpha value is -1.55. The van der Waals surface area contributed by atoms with Crippen LogP contribution in [0.5, 0.6) is 0 Å². The molecule has 19 heavy (non-hydrogen) atoms. The summed E-state index contributed by atoms with van der Waals surface area (Å²) in [5, 5.41) is 0. The van der Waals surface area contributed by atoms with E-state index in [2.05, 4.69) is 11.8 Å². The predicted octanol–water partition coefficient (Wildman–Crippen LogP) is 2.50. The number of likely N-dealkylation sites (tertiary alicyclic amines) is 1. The molecule has 0 aliphatic carbocycles. The summed E-state index contributed by atoms with van der Waals surface area (Å²) >= 11 is 0. The summed E-state index contributed by atoms with van der Waals surface area (Å²) in [7, 11) is 0. The van der Waals surface area contributed by atoms with Gasteiger partial charge in [-0.25, -0.2) is 4.79 Å². The smallest absolute Gasteiger partial charge is 0.415 e. The number of hydrogen-bond donors (Lipinski definition) is 0. The van der Waals surface area contributed by atoms with Crippen LogP contribution in [0.1, 0.15) is 19.8 Å². The number of rotatable bonds is 2. The van der Waals surface area contributed by atoms with Gasteiger partial charge in [0.25, 0.3) is 0 Å². The normalized spacial score (nSPS) is 22.8. The van der Waals surface area contributed by atoms with Crippen LogP contribution in [0.25, 0.3) is 0 Å². The molecule has 1 spiro atoms. The minimum atomic E-state index is -0.265. The van der Waals surface area contributed by atoms with E-state index in [1.165, 1.54) is 0 Å². The minimum Gasteiger partial charge on any atom is -0.441 e. The van der Waals surface area contributed by atoms with Crippen LogP contribution in [-0.2, 0) is 4.74 Å². The summed E-state index contributed by atoms with van der Waals surface area (Å²) < 4.78 is 5.71. The quantitative estimate of drug-likeness (QED) is 0.819. The lowest BCUT2D eigenvalue weighted by Crippen LogP contribution is -2.46. The first-order valence-electron chi connectivity index (χ1n) is 7.00. The van der Waals surface area contributed by atoms with Gasteiger partial charge >= 0.3 is 6.09 Å². The maximum Gasteiger partial charge on any atom is 0.415 e. The van der Waals surface area contributed by atoms with Gasteiger partial charge in [0.1, 0.15) is 5.60 Å². The molecule has 3 rings (SSSR count). The van der Waals surface area contributed by atoms with Crippen LogP contribution in [-0.4, -0.2) is 42.8 Å². The number of carbonyl (C=O) groups is 1. The fourth-order valence-electron chi connectivity index (χ4n) is 2.97. The highest BCUT2D eigenvalue weighted by atomic mass is 16.6. The zero-order valence-electron chi connectivity index (χ0n) is 11.3. The lowest BCUT2D eigenvalue weighted by molar-refractivity contribution is 0.00222. The van der Waals surface area contributed by atoms with Crippen molar-refractivity contribution in [1.29, 1.82) is 0 Å². The average molecular weight is 260 g/mol. The second-order valence-corrected chi connectivity index (χ2v) is 5.41. The van der Waals surface area contributed by atoms with E-state index in [-0.39, 0.29) is 11.7 Å². The Morgan fingerprint density at radius 1 is 1.21 bits per heavy atom. The molecule has 2 fully saturated rings. The van der Waals surface area contributed by atoms with E-state index in [0.29, 0.717) is 6.54 Å². The number of anilines is 1. The topological polar surface area (TPSA) is 32.8 Å². The average Bonchev–Trinajstić information content (AvgIpc) is 2.77. The van der Waals surface area contributed by atoms with Gasteiger partial charge < -0.3 is 9.64 Å². The number of piperidine rings is 1. The van der Waals surface area contributed by atoms with Crippen molar-refractivity contribution < 1.29 is 9.53 Å². The molecule has 102 valence electrons. The number of nitrogens with zero attached hydrogens (tertiary/aromatic N) is 2. The molecular formula is C15H20N2O2. The monoisotopic (exact) mass is 260 g/mol. The molecule has 0 saturated carbocycles. The van der Waals surface area contributed by atoms with Gasteiger partial charge in [0.15, 0.2) is 0 Å². The molecule has 2 heterocycles. The molecule has 4 heteroatoms. The SMILES string of the molecule is CCN1CCC2(CC1)CN(c1ccccc1)C(=O)O2. The van der Waals surface area contributed by atoms with Gasteiger partial charge in [-0.3, -0.25) is 4.90 Å². The van der Waals surface area contributed by atoms with Crippen LogP contribution in [0.2, 0.25) is 0 Å². The van der Waals surface area contributed by atoms with Gasteiger partial charge in [-0.1, -0.05) is 25.1 Å². The second-order valence-electron chi connectivity index (χ2n) is 5.41. The van der Waals surface area contributed by atoms with E-state index in [4.69, 9.17) is 4.74 Å². The van der Waals surface area contributed by atoms with Crippen molar-refractivity contribution in [1.82, 2.24) is 4.90 Å². The second kappa shape index (κ2) is 4.85. The Kier molecular flexibility index (Phi) is 3.19. The lowest BCUT2D eigenvalue weighted by atomic mass is 9.91. The summed E-state index contributed by atoms with van der Waals surface area (Å²) in [6, 6.07) is 9.78. The molecule has 2 saturated heterocycles. The molecule has 0 unspecified atom stereocenters. The molecule has 1 aromatic rings. The van der Waals surface area contributed by atoms with Gasteiger partial charge in [0, 0.05) is 31.6 Å². The number of hydrogen-bond acceptors (Lipinski definition) is 3. The van der Waals surface area contributed by atoms with E-state index >= 15 is 0 Å². The number of ether oxygens (including phenoxy) is 1. The Morgan fingerprint density at radius 2 is 1.89 bits per heavy atom. The van der Waals surface area contributed by atoms with E-state index in [9.17, 15) is 4.79 Å². The third-order valence-electron chi connectivity index (χ3n) is 4.25. The molecule has 0 bridgehead atoms. The standard InChI is InChI=1S/C15H20N2O2/c1-2-16-10-8-15(9-11-16)12-17(14(18)19-15)13-6-4-3-5-7-13/h3-7H,2,8-12H2,1H3. The third-order valence-corrected chi connectivity index (χ3v) is 4.25. The third kappa shape index (κ3) is 2.32. The fourth-order valence-corrected chi connectivity index (χ4v) is 2.97. The molecule has 2 aliphatic heterocycles. The molecule has 0 aromatic heterocycles. The van der Waals surface area contributed by atoms with Gasteiger partial charge in [-0.05, 0) is 18.7 Å². The van der Waals surface area contributed by atoms with Crippen LogP contribution in [0.15, 0.2) is 30.3 Å². The molecule has 0 N–H and O–H groups in total. The summed E-state index contributed by atoms with van der Waals surface area (Å²) in [5.74, 6) is 0. The molecule has 0 atom stereocenters. The summed E-state index contributed by atoms with van der Waals surface area (Å²) in [5.41, 5.74) is 0.667. The molecule has 4 nitrogen and oxygen atoms in total. The molecular weight excluding hydrogens is 240 g/mol. The van der Waals surface area contributed by atoms with Crippen LogP contribution in [0.3, 0.4) is 0 Å². The Balaban J connectivity index is 1.74. The highest BCUT2D eigenvalue weighted by Gasteiger charge is 2.47. The van der Waals surface area contributed by atoms with Crippen LogP contribution in [0.4, 0.5) is 10.5 Å². The van der Waals surface area contributed by atoms with E-state index in [0.717, 1.165) is 38.2 Å². The van der Waals surface area contributed by atoms with Crippen LogP contribution < -0.4 is 4.90 Å². The first-order valence-corrected chi connectivity index (χ1v) is 7.00. The van der Waals surface area contributed by atoms with Crippen molar-refractivity contribution in [2.24, 2.45) is 0 Å². The van der Waals surface area contributed by atoms with Crippen molar-refractivity contribution >= 4 is 11.8 Å². The van der Waals surface area contributed by atoms with E-state index < -0.39 is 0 Å². The predicted molar refractivity (Wildman–Crippen MR) is 74.3 cm³/mol. The van der Waals surface area contributed by atoms with Crippen molar-refractivity contribution in [2.45, 2.75) is 25.4 Å². The Labute approximate surface area is 113 Å². The highest BCUT2D eigenvalue weighted by molar-refractivity contribution is 5.90. The Morgan fingerprint density at radius 3 is 2.53 bits per heavy atom. The van der Waals surface area contributed by atoms with Crippen molar-refractivity contribution in [2.75, 3.05) is 31.1 Å². The Bertz CT molecular complexity index is 452. The largest absolute Gasteiger partial charge is 0.441 e. The number of benzene rings is 1. The van der Waals surface area contributed by atoms with Crippen LogP contribution in [0, 0.1) is 0 Å². The zero-order valence-corrected chi connectivity index (χ0v) is 11.3. The van der Waals surface area contributed by atoms with Gasteiger partial charge in [0.2, 0.25) is 0 Å². The van der Waals surface area contributed by atoms with Crippen molar-refractivity contribution in [3.63, 3.8) is 0 Å². The maximum absolute atomic E-state index is 12.1. The fraction of sp³-hybridized carbons (Fsp3) is 0.533. The lowest BCUT2D eigenvalue weighted by Gasteiger charge is -2.36. The number of para-hydroxylation sites is 1. The molecule has 1 aromatic carbocycles. The van der Waals surface area contributed by atoms with Crippen molar-refractivity contribution in [3.8, 4) is 0 Å². The molecule has 1 amide bonds. The maximum atomic E-state index is 12.1. The van der Waals surface area contributed by atoms with Crippen LogP contribution >= 0.6 is 0 Å². The van der Waals surface area contributed by atoms with Crippen molar-refractivity contribution in [3.05, 3.63) is 30.3 Å². The number of carbonyl (C=O) groups excluding carboxylic acids is 1. The van der Waals surface area contributed by atoms with Gasteiger partial charge in [0.05, 0.1) is 6.54 Å². The summed E-state index contributed by atoms with van der Waals surface area (Å²) in [6.07, 6.45) is 1.68. The van der Waals surface area contributed by atoms with E-state index in [1.807, 2.05) is 30.3 Å². The molecule has 0 radical (unpaired) electrons. The van der Waals surface area contributed by atoms with E-state index in [1.54, 1.807) is 4.90 Å². The van der Waals surface area contributed by atoms with Gasteiger partial charge in [-0.2, -0.15) is 0 Å². The minimum absolute atomic E-state index is 0.198. The molecule has 2 aliphatic rings. The first kappa shape index (κ1) is 12.5. The summed E-state index contributed by atoms with van der Waals surface area (Å²) in [4.78, 5) is 16.3. The first-order chi connectivity index (χ1) is 9.22. The zero-order chi connectivity index (χ0) is 13.3. The summed E-state index contributed by atoms with van der Waals surface area (Å²) in [6.45, 7) is 5.98. The van der Waals surface area contributed by atoms with Gasteiger partial charge in [-0.15, -0.1) is 0 Å².